The van der Waals surface area contributed by atoms with Gasteiger partial charge in [0.1, 0.15) is 13.2 Å². The summed E-state index contributed by atoms with van der Waals surface area (Å²) in [5, 5.41) is 0. The molecule has 6 heteroatoms. The van der Waals surface area contributed by atoms with Crippen LogP contribution in [0.1, 0.15) is 297 Å². The Morgan fingerprint density at radius 2 is 0.476 bits per heavy atom. The number of rotatable bonds is 60. The molecule has 6 nitrogen and oxygen atoms in total. The number of unbranched alkanes of at least 4 members (excludes halogenated alkanes) is 25. The van der Waals surface area contributed by atoms with Gasteiger partial charge in [0.05, 0.1) is 0 Å². The second-order valence-corrected chi connectivity index (χ2v) is 22.0. The van der Waals surface area contributed by atoms with Crippen molar-refractivity contribution in [2.75, 3.05) is 13.2 Å². The lowest BCUT2D eigenvalue weighted by Gasteiger charge is -2.18. The van der Waals surface area contributed by atoms with Crippen molar-refractivity contribution in [2.24, 2.45) is 0 Å². The number of allylic oxidation sites excluding steroid dienone is 24. The first-order chi connectivity index (χ1) is 40.5. The summed E-state index contributed by atoms with van der Waals surface area (Å²) < 4.78 is 16.9. The maximum atomic E-state index is 13.0. The molecule has 82 heavy (non-hydrogen) atoms. The van der Waals surface area contributed by atoms with E-state index in [9.17, 15) is 14.4 Å². The van der Waals surface area contributed by atoms with Crippen molar-refractivity contribution in [3.8, 4) is 0 Å². The van der Waals surface area contributed by atoms with E-state index in [-0.39, 0.29) is 31.1 Å². The fraction of sp³-hybridized carbons (Fsp3) is 0.645. The minimum Gasteiger partial charge on any atom is -0.462 e. The van der Waals surface area contributed by atoms with Gasteiger partial charge in [-0.15, -0.1) is 0 Å². The van der Waals surface area contributed by atoms with Gasteiger partial charge >= 0.3 is 17.9 Å². The molecule has 1 unspecified atom stereocenters. The minimum atomic E-state index is -0.799. The first-order valence-corrected chi connectivity index (χ1v) is 33.8. The van der Waals surface area contributed by atoms with E-state index in [4.69, 9.17) is 14.2 Å². The van der Waals surface area contributed by atoms with Crippen molar-refractivity contribution < 1.29 is 28.6 Å². The first-order valence-electron chi connectivity index (χ1n) is 33.8. The molecular formula is C76H124O6. The molecule has 0 saturated carbocycles. The molecule has 0 bridgehead atoms. The summed E-state index contributed by atoms with van der Waals surface area (Å²) in [5.41, 5.74) is 0. The van der Waals surface area contributed by atoms with Crippen LogP contribution in [0.2, 0.25) is 0 Å². The molecule has 0 aromatic rings. The van der Waals surface area contributed by atoms with Gasteiger partial charge < -0.3 is 14.2 Å². The van der Waals surface area contributed by atoms with E-state index in [0.29, 0.717) is 19.3 Å². The molecule has 0 radical (unpaired) electrons. The molecule has 1 atom stereocenters. The molecule has 0 fully saturated rings. The number of carbonyl (C=O) groups is 3. The molecule has 0 aliphatic rings. The van der Waals surface area contributed by atoms with Crippen LogP contribution >= 0.6 is 0 Å². The minimum absolute atomic E-state index is 0.0947. The van der Waals surface area contributed by atoms with Crippen molar-refractivity contribution in [3.63, 3.8) is 0 Å². The van der Waals surface area contributed by atoms with E-state index in [1.807, 2.05) is 0 Å². The Balaban J connectivity index is 4.39. The summed E-state index contributed by atoms with van der Waals surface area (Å²) in [5.74, 6) is -0.920. The van der Waals surface area contributed by atoms with Crippen molar-refractivity contribution in [2.45, 2.75) is 303 Å². The zero-order chi connectivity index (χ0) is 59.2. The zero-order valence-electron chi connectivity index (χ0n) is 53.2. The van der Waals surface area contributed by atoms with Gasteiger partial charge in [-0.3, -0.25) is 14.4 Å². The fourth-order valence-electron chi connectivity index (χ4n) is 9.04. The SMILES string of the molecule is CC/C=C\C/C=C\C/C=C\C/C=C\C/C=C\C/C=C\CCCCCCCCC(=O)OCC(COC(=O)CCCCCCC/C=C\C/C=C\CCCC)OC(=O)CCCCCCCCCCCCCC/C=C\C/C=C\C/C=C\C/C=C\CC. The quantitative estimate of drug-likeness (QED) is 0.0261. The maximum absolute atomic E-state index is 13.0. The van der Waals surface area contributed by atoms with Gasteiger partial charge in [0.25, 0.3) is 0 Å². The first kappa shape index (κ1) is 77.3. The highest BCUT2D eigenvalue weighted by Gasteiger charge is 2.19. The summed E-state index contributed by atoms with van der Waals surface area (Å²) in [7, 11) is 0. The van der Waals surface area contributed by atoms with E-state index in [2.05, 4.69) is 167 Å². The van der Waals surface area contributed by atoms with Gasteiger partial charge in [0, 0.05) is 19.3 Å². The highest BCUT2D eigenvalue weighted by Crippen LogP contribution is 2.16. The fourth-order valence-corrected chi connectivity index (χ4v) is 9.04. The standard InChI is InChI=1S/C76H124O6/c1-4-7-10-13-16-19-22-25-28-30-32-34-36-38-40-42-44-46-48-51-54-57-60-63-66-69-75(78)81-72-73(71-80-74(77)68-65-62-59-56-53-50-27-24-21-18-15-12-9-6-3)82-76(79)70-67-64-61-58-55-52-49-47-45-43-41-39-37-35-33-31-29-26-23-20-17-14-11-8-5-2/h7-8,10-11,15-20,24-29,32-35,38,40,44,46,73H,4-6,9,12-14,21-23,30-31,36-37,39,41-43,45,47-72H2,1-3H3/b10-7-,11-8-,18-15-,19-16-,20-17-,27-24-,28-25-,29-26-,34-32-,35-33-,40-38-,46-44-. The third kappa shape index (κ3) is 66.1. The van der Waals surface area contributed by atoms with Crippen LogP contribution in [0.15, 0.2) is 146 Å². The summed E-state index contributed by atoms with van der Waals surface area (Å²) in [6.45, 7) is 6.36. The lowest BCUT2D eigenvalue weighted by Crippen LogP contribution is -2.30. The van der Waals surface area contributed by atoms with E-state index in [1.54, 1.807) is 0 Å². The van der Waals surface area contributed by atoms with Crippen molar-refractivity contribution in [3.05, 3.63) is 146 Å². The Morgan fingerprint density at radius 1 is 0.256 bits per heavy atom. The number of ether oxygens (including phenoxy) is 3. The molecule has 0 aromatic carbocycles. The van der Waals surface area contributed by atoms with E-state index >= 15 is 0 Å². The molecule has 0 amide bonds. The van der Waals surface area contributed by atoms with Crippen molar-refractivity contribution >= 4 is 17.9 Å². The molecule has 0 aliphatic carbocycles. The third-order valence-corrected chi connectivity index (χ3v) is 14.1. The smallest absolute Gasteiger partial charge is 0.306 e. The molecule has 0 rings (SSSR count). The predicted molar refractivity (Wildman–Crippen MR) is 357 cm³/mol. The molecule has 0 spiro atoms. The summed E-state index contributed by atoms with van der Waals surface area (Å²) >= 11 is 0. The number of hydrogen-bond acceptors (Lipinski definition) is 6. The average molecular weight is 1130 g/mol. The van der Waals surface area contributed by atoms with E-state index < -0.39 is 6.10 Å². The van der Waals surface area contributed by atoms with Crippen LogP contribution in [0.25, 0.3) is 0 Å². The van der Waals surface area contributed by atoms with E-state index in [1.165, 1.54) is 96.3 Å². The lowest BCUT2D eigenvalue weighted by atomic mass is 10.0. The van der Waals surface area contributed by atoms with E-state index in [0.717, 1.165) is 161 Å². The largest absolute Gasteiger partial charge is 0.462 e. The Kier molecular flexibility index (Phi) is 64.8. The topological polar surface area (TPSA) is 78.9 Å². The Morgan fingerprint density at radius 3 is 0.744 bits per heavy atom. The summed E-state index contributed by atoms with van der Waals surface area (Å²) in [6.07, 6.45) is 98.5. The maximum Gasteiger partial charge on any atom is 0.306 e. The summed E-state index contributed by atoms with van der Waals surface area (Å²) in [4.78, 5) is 38.4. The lowest BCUT2D eigenvalue weighted by molar-refractivity contribution is -0.167. The van der Waals surface area contributed by atoms with Crippen LogP contribution in [0.4, 0.5) is 0 Å². The van der Waals surface area contributed by atoms with Gasteiger partial charge in [0.2, 0.25) is 0 Å². The third-order valence-electron chi connectivity index (χ3n) is 14.1. The number of carbonyl (C=O) groups excluding carboxylic acids is 3. The van der Waals surface area contributed by atoms with Gasteiger partial charge in [-0.25, -0.2) is 0 Å². The van der Waals surface area contributed by atoms with Crippen LogP contribution in [0, 0.1) is 0 Å². The molecular weight excluding hydrogens is 1010 g/mol. The second kappa shape index (κ2) is 68.8. The highest BCUT2D eigenvalue weighted by molar-refractivity contribution is 5.71. The number of esters is 3. The summed E-state index contributed by atoms with van der Waals surface area (Å²) in [6, 6.07) is 0. The van der Waals surface area contributed by atoms with Crippen molar-refractivity contribution in [1.82, 2.24) is 0 Å². The Labute approximate surface area is 506 Å². The average Bonchev–Trinajstić information content (AvgIpc) is 3.47. The normalized spacial score (nSPS) is 13.1. The molecule has 464 valence electrons. The zero-order valence-corrected chi connectivity index (χ0v) is 53.2. The Bertz CT molecular complexity index is 1780. The molecule has 0 aromatic heterocycles. The molecule has 0 aliphatic heterocycles. The second-order valence-electron chi connectivity index (χ2n) is 22.0. The monoisotopic (exact) mass is 1130 g/mol. The Hall–Kier alpha value is -4.71. The van der Waals surface area contributed by atoms with Crippen LogP contribution in [-0.2, 0) is 28.6 Å². The van der Waals surface area contributed by atoms with Gasteiger partial charge in [-0.2, -0.15) is 0 Å². The molecule has 0 saturated heterocycles. The molecule has 0 N–H and O–H groups in total. The van der Waals surface area contributed by atoms with Crippen LogP contribution < -0.4 is 0 Å². The van der Waals surface area contributed by atoms with Crippen molar-refractivity contribution in [1.29, 1.82) is 0 Å². The highest BCUT2D eigenvalue weighted by atomic mass is 16.6. The van der Waals surface area contributed by atoms with Gasteiger partial charge in [-0.05, 0) is 135 Å². The molecule has 0 heterocycles. The van der Waals surface area contributed by atoms with Gasteiger partial charge in [-0.1, -0.05) is 289 Å². The predicted octanol–water partition coefficient (Wildman–Crippen LogP) is 23.5. The van der Waals surface area contributed by atoms with Crippen LogP contribution in [0.5, 0.6) is 0 Å². The van der Waals surface area contributed by atoms with Crippen LogP contribution in [0.3, 0.4) is 0 Å². The van der Waals surface area contributed by atoms with Gasteiger partial charge in [0.15, 0.2) is 6.10 Å². The van der Waals surface area contributed by atoms with Crippen LogP contribution in [-0.4, -0.2) is 37.2 Å². The number of hydrogen-bond donors (Lipinski definition) is 0.